The molecule has 0 saturated heterocycles. The first-order valence-electron chi connectivity index (χ1n) is 4.25. The molecule has 0 N–H and O–H groups in total. The van der Waals surface area contributed by atoms with Crippen molar-refractivity contribution in [1.82, 2.24) is 4.98 Å². The van der Waals surface area contributed by atoms with Gasteiger partial charge in [0.1, 0.15) is 5.52 Å². The molecular weight excluding hydrogens is 202 g/mol. The van der Waals surface area contributed by atoms with Crippen molar-refractivity contribution >= 4 is 11.1 Å². The Morgan fingerprint density at radius 3 is 2.93 bits per heavy atom. The average molecular weight is 208 g/mol. The molecule has 5 heteroatoms. The minimum Gasteiger partial charge on any atom is -0.435 e. The summed E-state index contributed by atoms with van der Waals surface area (Å²) in [7, 11) is 0. The van der Waals surface area contributed by atoms with Crippen molar-refractivity contribution in [2.75, 3.05) is 0 Å². The second kappa shape index (κ2) is 3.65. The Kier molecular flexibility index (Phi) is 2.34. The van der Waals surface area contributed by atoms with Crippen molar-refractivity contribution < 1.29 is 13.2 Å². The van der Waals surface area contributed by atoms with E-state index in [1.54, 1.807) is 18.2 Å². The number of aromatic nitrogens is 1. The average Bonchev–Trinajstić information content (AvgIpc) is 2.61. The van der Waals surface area contributed by atoms with Crippen LogP contribution in [-0.4, -0.2) is 4.98 Å². The molecule has 1 aromatic carbocycles. The highest BCUT2D eigenvalue weighted by Crippen LogP contribution is 2.24. The highest BCUT2D eigenvalue weighted by Gasteiger charge is 2.15. The van der Waals surface area contributed by atoms with Crippen LogP contribution in [-0.2, 0) is 6.42 Å². The van der Waals surface area contributed by atoms with Gasteiger partial charge >= 0.3 is 6.43 Å². The summed E-state index contributed by atoms with van der Waals surface area (Å²) in [6, 6.07) is 6.76. The van der Waals surface area contributed by atoms with Gasteiger partial charge in [0.05, 0.1) is 12.5 Å². The van der Waals surface area contributed by atoms with Gasteiger partial charge in [-0.05, 0) is 17.7 Å². The minimum absolute atomic E-state index is 0.223. The summed E-state index contributed by atoms with van der Waals surface area (Å²) >= 11 is 0. The first kappa shape index (κ1) is 9.59. The SMILES string of the molecule is N#CCc1ccc2nc(C(F)F)oc2c1. The molecule has 76 valence electrons. The number of rotatable bonds is 2. The van der Waals surface area contributed by atoms with E-state index in [1.807, 2.05) is 6.07 Å². The summed E-state index contributed by atoms with van der Waals surface area (Å²) in [5, 5.41) is 8.47. The second-order valence-electron chi connectivity index (χ2n) is 2.99. The highest BCUT2D eigenvalue weighted by molar-refractivity contribution is 5.73. The van der Waals surface area contributed by atoms with Crippen molar-refractivity contribution in [3.63, 3.8) is 0 Å². The lowest BCUT2D eigenvalue weighted by molar-refractivity contribution is 0.117. The second-order valence-corrected chi connectivity index (χ2v) is 2.99. The van der Waals surface area contributed by atoms with Crippen LogP contribution in [0.1, 0.15) is 17.9 Å². The van der Waals surface area contributed by atoms with E-state index in [4.69, 9.17) is 9.68 Å². The Morgan fingerprint density at radius 1 is 1.47 bits per heavy atom. The predicted octanol–water partition coefficient (Wildman–Crippen LogP) is 2.83. The number of fused-ring (bicyclic) bond motifs is 1. The van der Waals surface area contributed by atoms with Crippen LogP contribution in [0.25, 0.3) is 11.1 Å². The van der Waals surface area contributed by atoms with Crippen LogP contribution >= 0.6 is 0 Å². The van der Waals surface area contributed by atoms with Crippen molar-refractivity contribution in [2.24, 2.45) is 0 Å². The lowest BCUT2D eigenvalue weighted by Crippen LogP contribution is -1.81. The summed E-state index contributed by atoms with van der Waals surface area (Å²) in [4.78, 5) is 3.61. The maximum Gasteiger partial charge on any atom is 0.313 e. The maximum atomic E-state index is 12.2. The molecule has 2 rings (SSSR count). The molecule has 0 saturated carbocycles. The molecule has 1 heterocycles. The van der Waals surface area contributed by atoms with Gasteiger partial charge in [-0.2, -0.15) is 14.0 Å². The molecule has 1 aromatic heterocycles. The minimum atomic E-state index is -2.71. The monoisotopic (exact) mass is 208 g/mol. The number of hydrogen-bond donors (Lipinski definition) is 0. The number of halogens is 2. The normalized spacial score (nSPS) is 10.8. The van der Waals surface area contributed by atoms with E-state index in [1.165, 1.54) is 0 Å². The fourth-order valence-electron chi connectivity index (χ4n) is 1.28. The van der Waals surface area contributed by atoms with Gasteiger partial charge in [0.2, 0.25) is 0 Å². The van der Waals surface area contributed by atoms with Gasteiger partial charge in [-0.1, -0.05) is 6.07 Å². The third-order valence-corrected chi connectivity index (χ3v) is 1.94. The van der Waals surface area contributed by atoms with Crippen LogP contribution < -0.4 is 0 Å². The topological polar surface area (TPSA) is 49.8 Å². The summed E-state index contributed by atoms with van der Waals surface area (Å²) in [6.45, 7) is 0. The molecule has 0 radical (unpaired) electrons. The molecule has 0 aliphatic carbocycles. The summed E-state index contributed by atoms with van der Waals surface area (Å²) in [6.07, 6.45) is -2.49. The zero-order chi connectivity index (χ0) is 10.8. The fourth-order valence-corrected chi connectivity index (χ4v) is 1.28. The lowest BCUT2D eigenvalue weighted by atomic mass is 10.1. The van der Waals surface area contributed by atoms with Gasteiger partial charge in [0.25, 0.3) is 5.89 Å². The summed E-state index contributed by atoms with van der Waals surface area (Å²) in [5.74, 6) is -0.584. The van der Waals surface area contributed by atoms with Crippen LogP contribution in [0.2, 0.25) is 0 Å². The van der Waals surface area contributed by atoms with E-state index >= 15 is 0 Å². The molecule has 15 heavy (non-hydrogen) atoms. The van der Waals surface area contributed by atoms with E-state index in [-0.39, 0.29) is 12.0 Å². The van der Waals surface area contributed by atoms with Crippen LogP contribution in [0.15, 0.2) is 22.6 Å². The molecule has 0 atom stereocenters. The Balaban J connectivity index is 2.48. The molecule has 0 amide bonds. The molecule has 0 fully saturated rings. The van der Waals surface area contributed by atoms with Gasteiger partial charge in [-0.15, -0.1) is 0 Å². The van der Waals surface area contributed by atoms with Gasteiger partial charge in [-0.3, -0.25) is 0 Å². The van der Waals surface area contributed by atoms with Gasteiger partial charge in [-0.25, -0.2) is 4.98 Å². The maximum absolute atomic E-state index is 12.2. The quantitative estimate of drug-likeness (QED) is 0.762. The Bertz CT molecular complexity index is 528. The van der Waals surface area contributed by atoms with E-state index in [2.05, 4.69) is 4.98 Å². The zero-order valence-electron chi connectivity index (χ0n) is 7.58. The fraction of sp³-hybridized carbons (Fsp3) is 0.200. The standard InChI is InChI=1S/C10H6F2N2O/c11-9(12)10-14-7-2-1-6(3-4-13)5-8(7)15-10/h1-2,5,9H,3H2. The summed E-state index contributed by atoms with van der Waals surface area (Å²) in [5.41, 5.74) is 1.40. The molecule has 3 nitrogen and oxygen atoms in total. The van der Waals surface area contributed by atoms with Crippen molar-refractivity contribution in [3.05, 3.63) is 29.7 Å². The molecule has 0 aliphatic heterocycles. The van der Waals surface area contributed by atoms with E-state index in [9.17, 15) is 8.78 Å². The molecular formula is C10H6F2N2O. The predicted molar refractivity (Wildman–Crippen MR) is 48.3 cm³/mol. The van der Waals surface area contributed by atoms with Gasteiger partial charge in [0, 0.05) is 0 Å². The molecule has 0 unspecified atom stereocenters. The first-order valence-corrected chi connectivity index (χ1v) is 4.25. The van der Waals surface area contributed by atoms with Gasteiger partial charge in [0.15, 0.2) is 5.58 Å². The van der Waals surface area contributed by atoms with E-state index < -0.39 is 12.3 Å². The number of alkyl halides is 2. The first-order chi connectivity index (χ1) is 7.20. The van der Waals surface area contributed by atoms with Crippen molar-refractivity contribution in [2.45, 2.75) is 12.8 Å². The number of nitrogens with zero attached hydrogens (tertiary/aromatic N) is 2. The Hall–Kier alpha value is -1.96. The number of oxazole rings is 1. The van der Waals surface area contributed by atoms with E-state index in [0.29, 0.717) is 5.52 Å². The number of nitriles is 1. The van der Waals surface area contributed by atoms with Crippen LogP contribution in [0.3, 0.4) is 0 Å². The number of benzene rings is 1. The number of hydrogen-bond acceptors (Lipinski definition) is 3. The van der Waals surface area contributed by atoms with E-state index in [0.717, 1.165) is 5.56 Å². The molecule has 0 bridgehead atoms. The van der Waals surface area contributed by atoms with Crippen LogP contribution in [0.4, 0.5) is 8.78 Å². The molecule has 0 spiro atoms. The molecule has 0 aliphatic rings. The summed E-state index contributed by atoms with van der Waals surface area (Å²) < 4.78 is 29.3. The van der Waals surface area contributed by atoms with Crippen LogP contribution in [0.5, 0.6) is 0 Å². The lowest BCUT2D eigenvalue weighted by Gasteiger charge is -1.91. The van der Waals surface area contributed by atoms with Crippen molar-refractivity contribution in [1.29, 1.82) is 5.26 Å². The third-order valence-electron chi connectivity index (χ3n) is 1.94. The van der Waals surface area contributed by atoms with Gasteiger partial charge < -0.3 is 4.42 Å². The Morgan fingerprint density at radius 2 is 2.27 bits per heavy atom. The highest BCUT2D eigenvalue weighted by atomic mass is 19.3. The van der Waals surface area contributed by atoms with Crippen LogP contribution in [0, 0.1) is 11.3 Å². The largest absolute Gasteiger partial charge is 0.435 e. The molecule has 2 aromatic rings. The third kappa shape index (κ3) is 1.79. The Labute approximate surface area is 83.9 Å². The zero-order valence-corrected chi connectivity index (χ0v) is 7.58. The smallest absolute Gasteiger partial charge is 0.313 e. The van der Waals surface area contributed by atoms with Crippen molar-refractivity contribution in [3.8, 4) is 6.07 Å².